The second kappa shape index (κ2) is 7.07. The Morgan fingerprint density at radius 2 is 1.88 bits per heavy atom. The Morgan fingerprint density at radius 1 is 1.25 bits per heavy atom. The molecule has 0 aromatic heterocycles. The molecule has 1 heterocycles. The van der Waals surface area contributed by atoms with E-state index in [0.29, 0.717) is 12.2 Å². The van der Waals surface area contributed by atoms with Gasteiger partial charge in [0, 0.05) is 11.4 Å². The molecule has 130 valence electrons. The van der Waals surface area contributed by atoms with Gasteiger partial charge in [0.2, 0.25) is 0 Å². The third kappa shape index (κ3) is 3.87. The van der Waals surface area contributed by atoms with Gasteiger partial charge >= 0.3 is 13.1 Å². The van der Waals surface area contributed by atoms with Crippen LogP contribution in [0.5, 0.6) is 0 Å². The Morgan fingerprint density at radius 3 is 2.42 bits per heavy atom. The molecule has 1 aliphatic heterocycles. The van der Waals surface area contributed by atoms with Gasteiger partial charge in [-0.05, 0) is 46.2 Å². The molecule has 0 amide bonds. The van der Waals surface area contributed by atoms with Crippen LogP contribution in [0.4, 0.5) is 0 Å². The Kier molecular flexibility index (Phi) is 5.50. The second-order valence-electron chi connectivity index (χ2n) is 7.03. The van der Waals surface area contributed by atoms with Gasteiger partial charge in [0.1, 0.15) is 6.29 Å². The van der Waals surface area contributed by atoms with Crippen molar-refractivity contribution in [3.63, 3.8) is 0 Å². The van der Waals surface area contributed by atoms with Gasteiger partial charge in [-0.2, -0.15) is 0 Å². The molecule has 2 rings (SSSR count). The van der Waals surface area contributed by atoms with Crippen LogP contribution in [0.25, 0.3) is 0 Å². The van der Waals surface area contributed by atoms with Crippen molar-refractivity contribution in [1.82, 2.24) is 0 Å². The molecule has 1 aliphatic rings. The third-order valence-corrected chi connectivity index (χ3v) is 4.77. The van der Waals surface area contributed by atoms with E-state index in [-0.39, 0.29) is 18.2 Å². The van der Waals surface area contributed by atoms with Crippen LogP contribution in [0.15, 0.2) is 24.3 Å². The number of esters is 1. The highest BCUT2D eigenvalue weighted by Gasteiger charge is 2.54. The van der Waals surface area contributed by atoms with E-state index < -0.39 is 18.3 Å². The molecule has 1 fully saturated rings. The SMILES string of the molecule is CCOC(=O)CC(B1OC(C)(C)C(C)(C)O1)c1cccc(C=O)c1. The average molecular weight is 332 g/mol. The molecule has 6 heteroatoms. The third-order valence-electron chi connectivity index (χ3n) is 4.77. The topological polar surface area (TPSA) is 61.8 Å². The lowest BCUT2D eigenvalue weighted by Gasteiger charge is -2.32. The highest BCUT2D eigenvalue weighted by molar-refractivity contribution is 6.48. The van der Waals surface area contributed by atoms with Crippen molar-refractivity contribution in [3.8, 4) is 0 Å². The van der Waals surface area contributed by atoms with Crippen LogP contribution in [0, 0.1) is 0 Å². The normalized spacial score (nSPS) is 19.8. The lowest BCUT2D eigenvalue weighted by Crippen LogP contribution is -2.41. The van der Waals surface area contributed by atoms with Gasteiger partial charge in [-0.15, -0.1) is 0 Å². The quantitative estimate of drug-likeness (QED) is 0.455. The van der Waals surface area contributed by atoms with Crippen molar-refractivity contribution in [3.05, 3.63) is 35.4 Å². The predicted octanol–water partition coefficient (Wildman–Crippen LogP) is 3.17. The van der Waals surface area contributed by atoms with Crippen LogP contribution in [0.1, 0.15) is 62.8 Å². The summed E-state index contributed by atoms with van der Waals surface area (Å²) >= 11 is 0. The van der Waals surface area contributed by atoms with Gasteiger partial charge < -0.3 is 14.0 Å². The summed E-state index contributed by atoms with van der Waals surface area (Å²) in [6, 6.07) is 7.16. The van der Waals surface area contributed by atoms with E-state index >= 15 is 0 Å². The van der Waals surface area contributed by atoms with Gasteiger partial charge in [-0.3, -0.25) is 9.59 Å². The zero-order valence-electron chi connectivity index (χ0n) is 15.0. The molecular formula is C18H25BO5. The van der Waals surface area contributed by atoms with E-state index in [0.717, 1.165) is 11.8 Å². The number of carbonyl (C=O) groups excluding carboxylic acids is 2. The fourth-order valence-electron chi connectivity index (χ4n) is 2.69. The maximum Gasteiger partial charge on any atom is 0.466 e. The number of rotatable bonds is 6. The molecule has 0 spiro atoms. The van der Waals surface area contributed by atoms with E-state index in [1.54, 1.807) is 25.1 Å². The summed E-state index contributed by atoms with van der Waals surface area (Å²) in [7, 11) is -0.582. The van der Waals surface area contributed by atoms with Crippen molar-refractivity contribution >= 4 is 19.4 Å². The Hall–Kier alpha value is -1.66. The van der Waals surface area contributed by atoms with Crippen molar-refractivity contribution in [2.75, 3.05) is 6.61 Å². The second-order valence-corrected chi connectivity index (χ2v) is 7.03. The maximum atomic E-state index is 12.1. The smallest absolute Gasteiger partial charge is 0.466 e. The molecule has 0 saturated carbocycles. The molecule has 5 nitrogen and oxygen atoms in total. The fraction of sp³-hybridized carbons (Fsp3) is 0.556. The first-order chi connectivity index (χ1) is 11.2. The molecule has 1 saturated heterocycles. The van der Waals surface area contributed by atoms with Crippen molar-refractivity contribution in [2.24, 2.45) is 0 Å². The summed E-state index contributed by atoms with van der Waals surface area (Å²) in [5.74, 6) is -0.654. The maximum absolute atomic E-state index is 12.1. The van der Waals surface area contributed by atoms with Gasteiger partial charge in [-0.1, -0.05) is 18.2 Å². The van der Waals surface area contributed by atoms with Gasteiger partial charge in [0.05, 0.1) is 24.2 Å². The van der Waals surface area contributed by atoms with Gasteiger partial charge in [0.15, 0.2) is 0 Å². The zero-order valence-corrected chi connectivity index (χ0v) is 15.0. The first-order valence-electron chi connectivity index (χ1n) is 8.26. The van der Waals surface area contributed by atoms with Crippen LogP contribution in [0.3, 0.4) is 0 Å². The Labute approximate surface area is 143 Å². The monoisotopic (exact) mass is 332 g/mol. The summed E-state index contributed by atoms with van der Waals surface area (Å²) < 4.78 is 17.3. The van der Waals surface area contributed by atoms with Crippen LogP contribution in [-0.4, -0.2) is 37.2 Å². The highest BCUT2D eigenvalue weighted by Crippen LogP contribution is 2.41. The zero-order chi connectivity index (χ0) is 18.0. The molecule has 0 radical (unpaired) electrons. The number of benzene rings is 1. The number of aldehydes is 1. The Bertz CT molecular complexity index is 595. The Balaban J connectivity index is 2.33. The number of carbonyl (C=O) groups is 2. The molecule has 1 unspecified atom stereocenters. The van der Waals surface area contributed by atoms with Crippen molar-refractivity contribution in [2.45, 2.75) is 58.1 Å². The standard InChI is InChI=1S/C18H25BO5/c1-6-22-16(21)11-15(14-9-7-8-13(10-14)12-20)19-23-17(2,3)18(4,5)24-19/h7-10,12,15H,6,11H2,1-5H3. The number of hydrogen-bond donors (Lipinski definition) is 0. The molecule has 1 atom stereocenters. The van der Waals surface area contributed by atoms with Gasteiger partial charge in [0.25, 0.3) is 0 Å². The molecule has 1 aromatic carbocycles. The van der Waals surface area contributed by atoms with E-state index in [1.807, 2.05) is 33.8 Å². The summed E-state index contributed by atoms with van der Waals surface area (Å²) in [5.41, 5.74) is 0.392. The highest BCUT2D eigenvalue weighted by atomic mass is 16.7. The molecule has 1 aromatic rings. The fourth-order valence-corrected chi connectivity index (χ4v) is 2.69. The predicted molar refractivity (Wildman–Crippen MR) is 91.9 cm³/mol. The number of hydrogen-bond acceptors (Lipinski definition) is 5. The minimum Gasteiger partial charge on any atom is -0.466 e. The minimum atomic E-state index is -0.582. The summed E-state index contributed by atoms with van der Waals surface area (Å²) in [6.45, 7) is 9.97. The van der Waals surface area contributed by atoms with Crippen molar-refractivity contribution in [1.29, 1.82) is 0 Å². The first kappa shape index (κ1) is 18.7. The molecule has 0 N–H and O–H groups in total. The van der Waals surface area contributed by atoms with E-state index in [4.69, 9.17) is 14.0 Å². The minimum absolute atomic E-state index is 0.132. The lowest BCUT2D eigenvalue weighted by molar-refractivity contribution is -0.143. The van der Waals surface area contributed by atoms with Crippen LogP contribution >= 0.6 is 0 Å². The van der Waals surface area contributed by atoms with Crippen molar-refractivity contribution < 1.29 is 23.6 Å². The largest absolute Gasteiger partial charge is 0.466 e. The summed E-state index contributed by atoms with van der Waals surface area (Å²) in [5, 5.41) is 0. The lowest BCUT2D eigenvalue weighted by atomic mass is 9.66. The first-order valence-corrected chi connectivity index (χ1v) is 8.26. The van der Waals surface area contributed by atoms with E-state index in [9.17, 15) is 9.59 Å². The van der Waals surface area contributed by atoms with Crippen LogP contribution in [-0.2, 0) is 18.8 Å². The molecule has 24 heavy (non-hydrogen) atoms. The van der Waals surface area contributed by atoms with Gasteiger partial charge in [-0.25, -0.2) is 0 Å². The van der Waals surface area contributed by atoms with Crippen LogP contribution in [0.2, 0.25) is 0 Å². The molecule has 0 aliphatic carbocycles. The van der Waals surface area contributed by atoms with E-state index in [2.05, 4.69) is 0 Å². The molecular weight excluding hydrogens is 307 g/mol. The molecule has 0 bridgehead atoms. The summed E-state index contributed by atoms with van der Waals surface area (Å²) in [4.78, 5) is 23.1. The van der Waals surface area contributed by atoms with Crippen LogP contribution < -0.4 is 0 Å². The average Bonchev–Trinajstić information content (AvgIpc) is 2.73. The van der Waals surface area contributed by atoms with E-state index in [1.165, 1.54) is 0 Å². The summed E-state index contributed by atoms with van der Waals surface area (Å²) in [6.07, 6.45) is 0.919. The number of ether oxygens (including phenoxy) is 1.